The molecule has 1 saturated heterocycles. The Balaban J connectivity index is 1.76. The van der Waals surface area contributed by atoms with E-state index in [0.717, 1.165) is 11.3 Å². The molecular formula is C17H23ClN2O3. The first-order valence-electron chi connectivity index (χ1n) is 7.68. The van der Waals surface area contributed by atoms with Gasteiger partial charge < -0.3 is 15.0 Å². The number of aryl methyl sites for hydroxylation is 1. The van der Waals surface area contributed by atoms with Gasteiger partial charge in [0.15, 0.2) is 0 Å². The van der Waals surface area contributed by atoms with Crippen molar-refractivity contribution >= 4 is 29.3 Å². The number of anilines is 1. The van der Waals surface area contributed by atoms with Crippen LogP contribution in [0.2, 0.25) is 5.02 Å². The Hall–Kier alpha value is -1.75. The molecule has 0 saturated carbocycles. The molecule has 1 aromatic carbocycles. The van der Waals surface area contributed by atoms with Crippen molar-refractivity contribution in [2.45, 2.75) is 39.7 Å². The largest absolute Gasteiger partial charge is 0.444 e. The number of nitrogens with zero attached hydrogens (tertiary/aromatic N) is 1. The third kappa shape index (κ3) is 5.13. The van der Waals surface area contributed by atoms with Crippen molar-refractivity contribution < 1.29 is 14.3 Å². The number of carbonyl (C=O) groups excluding carboxylic acids is 2. The van der Waals surface area contributed by atoms with Gasteiger partial charge in [-0.3, -0.25) is 4.79 Å². The van der Waals surface area contributed by atoms with E-state index >= 15 is 0 Å². The standard InChI is InChI=1S/C17H23ClN2O3/c1-11-7-13(5-6-14(11)18)19-15(21)8-12-9-20(10-12)16(22)23-17(2,3)4/h5-7,12H,8-10H2,1-4H3,(H,19,21). The molecule has 0 atom stereocenters. The SMILES string of the molecule is Cc1cc(NC(=O)CC2CN(C(=O)OC(C)(C)C)C2)ccc1Cl. The van der Waals surface area contributed by atoms with Crippen molar-refractivity contribution in [2.24, 2.45) is 5.92 Å². The van der Waals surface area contributed by atoms with Gasteiger partial charge >= 0.3 is 6.09 Å². The molecule has 0 radical (unpaired) electrons. The maximum Gasteiger partial charge on any atom is 0.410 e. The summed E-state index contributed by atoms with van der Waals surface area (Å²) in [6.45, 7) is 8.52. The van der Waals surface area contributed by atoms with Crippen LogP contribution < -0.4 is 5.32 Å². The Morgan fingerprint density at radius 3 is 2.57 bits per heavy atom. The summed E-state index contributed by atoms with van der Waals surface area (Å²) in [5, 5.41) is 3.54. The third-order valence-corrected chi connectivity index (χ3v) is 3.95. The molecule has 1 aromatic rings. The minimum Gasteiger partial charge on any atom is -0.444 e. The Kier molecular flexibility index (Phi) is 5.19. The molecule has 0 spiro atoms. The van der Waals surface area contributed by atoms with Crippen LogP contribution in [-0.4, -0.2) is 35.6 Å². The number of rotatable bonds is 3. The van der Waals surface area contributed by atoms with E-state index in [-0.39, 0.29) is 17.9 Å². The highest BCUT2D eigenvalue weighted by Gasteiger charge is 2.34. The van der Waals surface area contributed by atoms with Crippen LogP contribution in [0.4, 0.5) is 10.5 Å². The van der Waals surface area contributed by atoms with Crippen molar-refractivity contribution in [3.63, 3.8) is 0 Å². The Bertz CT molecular complexity index is 604. The van der Waals surface area contributed by atoms with Gasteiger partial charge in [-0.1, -0.05) is 11.6 Å². The van der Waals surface area contributed by atoms with Gasteiger partial charge in [0, 0.05) is 36.1 Å². The highest BCUT2D eigenvalue weighted by Crippen LogP contribution is 2.23. The topological polar surface area (TPSA) is 58.6 Å². The van der Waals surface area contributed by atoms with Crippen LogP contribution in [0.15, 0.2) is 18.2 Å². The van der Waals surface area contributed by atoms with Crippen molar-refractivity contribution in [1.82, 2.24) is 4.90 Å². The minimum absolute atomic E-state index is 0.0550. The number of halogens is 1. The monoisotopic (exact) mass is 338 g/mol. The molecule has 1 N–H and O–H groups in total. The molecule has 1 aliphatic rings. The molecule has 1 heterocycles. The molecule has 1 fully saturated rings. The number of carbonyl (C=O) groups is 2. The first-order valence-corrected chi connectivity index (χ1v) is 8.06. The van der Waals surface area contributed by atoms with E-state index in [9.17, 15) is 9.59 Å². The first kappa shape index (κ1) is 17.6. The number of likely N-dealkylation sites (tertiary alicyclic amines) is 1. The lowest BCUT2D eigenvalue weighted by molar-refractivity contribution is -0.118. The highest BCUT2D eigenvalue weighted by atomic mass is 35.5. The van der Waals surface area contributed by atoms with E-state index in [1.807, 2.05) is 33.8 Å². The van der Waals surface area contributed by atoms with Gasteiger partial charge in [-0.25, -0.2) is 4.79 Å². The Morgan fingerprint density at radius 2 is 2.00 bits per heavy atom. The molecule has 6 heteroatoms. The molecule has 0 unspecified atom stereocenters. The van der Waals surface area contributed by atoms with Crippen LogP contribution in [0.25, 0.3) is 0 Å². The number of benzene rings is 1. The molecule has 0 bridgehead atoms. The zero-order valence-electron chi connectivity index (χ0n) is 14.0. The average molecular weight is 339 g/mol. The lowest BCUT2D eigenvalue weighted by Gasteiger charge is -2.39. The second-order valence-electron chi connectivity index (χ2n) is 6.97. The van der Waals surface area contributed by atoms with E-state index in [2.05, 4.69) is 5.32 Å². The summed E-state index contributed by atoms with van der Waals surface area (Å²) in [6.07, 6.45) is 0.0727. The molecule has 2 rings (SSSR count). The molecule has 1 aliphatic heterocycles. The molecule has 23 heavy (non-hydrogen) atoms. The summed E-state index contributed by atoms with van der Waals surface area (Å²) in [4.78, 5) is 25.5. The second-order valence-corrected chi connectivity index (χ2v) is 7.37. The average Bonchev–Trinajstić information content (AvgIpc) is 2.35. The molecule has 126 valence electrons. The van der Waals surface area contributed by atoms with Crippen LogP contribution >= 0.6 is 11.6 Å². The van der Waals surface area contributed by atoms with Crippen molar-refractivity contribution in [2.75, 3.05) is 18.4 Å². The highest BCUT2D eigenvalue weighted by molar-refractivity contribution is 6.31. The number of nitrogens with one attached hydrogen (secondary N) is 1. The normalized spacial score (nSPS) is 15.1. The van der Waals surface area contributed by atoms with Gasteiger partial charge in [-0.2, -0.15) is 0 Å². The summed E-state index contributed by atoms with van der Waals surface area (Å²) >= 11 is 5.96. The first-order chi connectivity index (χ1) is 10.6. The van der Waals surface area contributed by atoms with Crippen molar-refractivity contribution in [3.05, 3.63) is 28.8 Å². The van der Waals surface area contributed by atoms with Crippen LogP contribution in [0, 0.1) is 12.8 Å². The smallest absolute Gasteiger partial charge is 0.410 e. The molecular weight excluding hydrogens is 316 g/mol. The maximum atomic E-state index is 12.0. The van der Waals surface area contributed by atoms with E-state index in [1.165, 1.54) is 0 Å². The predicted octanol–water partition coefficient (Wildman–Crippen LogP) is 3.84. The Morgan fingerprint density at radius 1 is 1.35 bits per heavy atom. The third-order valence-electron chi connectivity index (χ3n) is 3.52. The van der Waals surface area contributed by atoms with Gasteiger partial charge in [-0.15, -0.1) is 0 Å². The molecule has 2 amide bonds. The predicted molar refractivity (Wildman–Crippen MR) is 90.7 cm³/mol. The summed E-state index contributed by atoms with van der Waals surface area (Å²) in [6, 6.07) is 5.38. The molecule has 5 nitrogen and oxygen atoms in total. The molecule has 0 aliphatic carbocycles. The summed E-state index contributed by atoms with van der Waals surface area (Å²) < 4.78 is 5.29. The van der Waals surface area contributed by atoms with E-state index in [1.54, 1.807) is 17.0 Å². The van der Waals surface area contributed by atoms with Crippen LogP contribution in [0.1, 0.15) is 32.8 Å². The van der Waals surface area contributed by atoms with Gasteiger partial charge in [-0.05, 0) is 51.5 Å². The zero-order chi connectivity index (χ0) is 17.2. The van der Waals surface area contributed by atoms with E-state index < -0.39 is 5.60 Å². The van der Waals surface area contributed by atoms with Crippen LogP contribution in [-0.2, 0) is 9.53 Å². The Labute approximate surface area is 141 Å². The van der Waals surface area contributed by atoms with Crippen molar-refractivity contribution in [3.8, 4) is 0 Å². The van der Waals surface area contributed by atoms with E-state index in [4.69, 9.17) is 16.3 Å². The van der Waals surface area contributed by atoms with Crippen LogP contribution in [0.5, 0.6) is 0 Å². The number of amides is 2. The van der Waals surface area contributed by atoms with Crippen molar-refractivity contribution in [1.29, 1.82) is 0 Å². The number of ether oxygens (including phenoxy) is 1. The van der Waals surface area contributed by atoms with Crippen LogP contribution in [0.3, 0.4) is 0 Å². The summed E-state index contributed by atoms with van der Waals surface area (Å²) in [5.41, 5.74) is 1.16. The van der Waals surface area contributed by atoms with Gasteiger partial charge in [0.2, 0.25) is 5.91 Å². The fourth-order valence-corrected chi connectivity index (χ4v) is 2.49. The quantitative estimate of drug-likeness (QED) is 0.910. The van der Waals surface area contributed by atoms with E-state index in [0.29, 0.717) is 24.5 Å². The minimum atomic E-state index is -0.494. The fraction of sp³-hybridized carbons (Fsp3) is 0.529. The second kappa shape index (κ2) is 6.79. The summed E-state index contributed by atoms with van der Waals surface area (Å²) in [7, 11) is 0. The van der Waals surface area contributed by atoms with Gasteiger partial charge in [0.05, 0.1) is 0 Å². The zero-order valence-corrected chi connectivity index (χ0v) is 14.7. The lowest BCUT2D eigenvalue weighted by atomic mass is 9.96. The number of hydrogen-bond acceptors (Lipinski definition) is 3. The van der Waals surface area contributed by atoms with Gasteiger partial charge in [0.25, 0.3) is 0 Å². The summed E-state index contributed by atoms with van der Waals surface area (Å²) in [5.74, 6) is 0.122. The fourth-order valence-electron chi connectivity index (χ4n) is 2.37. The lowest BCUT2D eigenvalue weighted by Crippen LogP contribution is -2.52. The maximum absolute atomic E-state index is 12.0. The van der Waals surface area contributed by atoms with Gasteiger partial charge in [0.1, 0.15) is 5.60 Å². The molecule has 0 aromatic heterocycles. The number of hydrogen-bond donors (Lipinski definition) is 1.